The van der Waals surface area contributed by atoms with Gasteiger partial charge in [-0.05, 0) is 51.1 Å². The third-order valence-electron chi connectivity index (χ3n) is 6.57. The van der Waals surface area contributed by atoms with Crippen LogP contribution in [0.5, 0.6) is 0 Å². The fourth-order valence-corrected chi connectivity index (χ4v) is 5.32. The van der Waals surface area contributed by atoms with Crippen LogP contribution in [0.2, 0.25) is 0 Å². The number of rotatable bonds is 0. The number of para-hydroxylation sites is 2. The molecule has 3 aromatic heterocycles. The van der Waals surface area contributed by atoms with Gasteiger partial charge in [0.25, 0.3) is 0 Å². The predicted octanol–water partition coefficient (Wildman–Crippen LogP) is 8.08. The summed E-state index contributed by atoms with van der Waals surface area (Å²) >= 11 is 0. The molecule has 3 heterocycles. The molecule has 31 heavy (non-hydrogen) atoms. The van der Waals surface area contributed by atoms with Crippen molar-refractivity contribution in [3.63, 3.8) is 0 Å². The molecule has 7 rings (SSSR count). The number of furan rings is 1. The highest BCUT2D eigenvalue weighted by atomic mass is 16.3. The molecule has 0 spiro atoms. The van der Waals surface area contributed by atoms with Gasteiger partial charge in [0.1, 0.15) is 5.58 Å². The molecule has 3 nitrogen and oxygen atoms in total. The number of H-pyrrole nitrogens is 1. The van der Waals surface area contributed by atoms with Gasteiger partial charge in [0.15, 0.2) is 5.58 Å². The Hall–Kier alpha value is -3.72. The third kappa shape index (κ3) is 2.13. The lowest BCUT2D eigenvalue weighted by atomic mass is 10.1. The van der Waals surface area contributed by atoms with Crippen LogP contribution in [0.3, 0.4) is 0 Å². The molecule has 0 aliphatic heterocycles. The Morgan fingerprint density at radius 2 is 1.42 bits per heavy atom. The van der Waals surface area contributed by atoms with Crippen molar-refractivity contribution in [2.24, 2.45) is 0 Å². The number of hydrogen-bond donors (Lipinski definition) is 1. The lowest BCUT2D eigenvalue weighted by molar-refractivity contribution is 0.423. The quantitative estimate of drug-likeness (QED) is 0.273. The van der Waals surface area contributed by atoms with E-state index >= 15 is 0 Å². The number of fused-ring (bicyclic) bond motifs is 10. The van der Waals surface area contributed by atoms with E-state index in [1.807, 2.05) is 0 Å². The Balaban J connectivity index is 1.70. The molecule has 0 aliphatic carbocycles. The summed E-state index contributed by atoms with van der Waals surface area (Å²) in [5.74, 6) is 0. The first-order valence-corrected chi connectivity index (χ1v) is 10.8. The molecule has 3 heteroatoms. The summed E-state index contributed by atoms with van der Waals surface area (Å²) in [6.45, 7) is 6.78. The predicted molar refractivity (Wildman–Crippen MR) is 131 cm³/mol. The molecule has 7 aromatic rings. The van der Waals surface area contributed by atoms with Crippen LogP contribution in [0.1, 0.15) is 20.8 Å². The number of aromatic nitrogens is 2. The first-order valence-electron chi connectivity index (χ1n) is 10.8. The molecule has 150 valence electrons. The fourth-order valence-electron chi connectivity index (χ4n) is 5.32. The Bertz CT molecular complexity index is 1820. The van der Waals surface area contributed by atoms with E-state index in [1.54, 1.807) is 0 Å². The number of nitrogens with zero attached hydrogens (tertiary/aromatic N) is 1. The second-order valence-electron chi connectivity index (χ2n) is 9.53. The van der Waals surface area contributed by atoms with Gasteiger partial charge in [0.05, 0.1) is 5.52 Å². The van der Waals surface area contributed by atoms with Gasteiger partial charge in [0, 0.05) is 54.4 Å². The molecular formula is C28H22N2O. The zero-order valence-corrected chi connectivity index (χ0v) is 17.8. The molecule has 0 saturated heterocycles. The van der Waals surface area contributed by atoms with E-state index in [2.05, 4.69) is 103 Å². The first-order chi connectivity index (χ1) is 15.0. The van der Waals surface area contributed by atoms with Gasteiger partial charge >= 0.3 is 0 Å². The van der Waals surface area contributed by atoms with E-state index in [-0.39, 0.29) is 5.54 Å². The lowest BCUT2D eigenvalue weighted by Crippen LogP contribution is -2.21. The van der Waals surface area contributed by atoms with Crippen LogP contribution in [0.25, 0.3) is 65.6 Å². The maximum atomic E-state index is 6.62. The van der Waals surface area contributed by atoms with Crippen LogP contribution in [0.4, 0.5) is 0 Å². The largest absolute Gasteiger partial charge is 0.454 e. The Morgan fingerprint density at radius 1 is 0.677 bits per heavy atom. The van der Waals surface area contributed by atoms with Gasteiger partial charge < -0.3 is 14.0 Å². The summed E-state index contributed by atoms with van der Waals surface area (Å²) in [7, 11) is 0. The van der Waals surface area contributed by atoms with Gasteiger partial charge in [-0.15, -0.1) is 0 Å². The summed E-state index contributed by atoms with van der Waals surface area (Å²) < 4.78 is 9.06. The summed E-state index contributed by atoms with van der Waals surface area (Å²) in [6, 6.07) is 26.0. The van der Waals surface area contributed by atoms with Crippen molar-refractivity contribution in [1.29, 1.82) is 0 Å². The molecular weight excluding hydrogens is 380 g/mol. The van der Waals surface area contributed by atoms with Crippen molar-refractivity contribution in [3.8, 4) is 0 Å². The molecule has 0 bridgehead atoms. The van der Waals surface area contributed by atoms with Crippen molar-refractivity contribution >= 4 is 65.6 Å². The number of hydrogen-bond acceptors (Lipinski definition) is 1. The average molecular weight is 402 g/mol. The minimum absolute atomic E-state index is 0.0726. The topological polar surface area (TPSA) is 33.9 Å². The zero-order chi connectivity index (χ0) is 20.9. The Labute approximate surface area is 178 Å². The van der Waals surface area contributed by atoms with E-state index in [4.69, 9.17) is 4.42 Å². The molecule has 1 N–H and O–H groups in total. The van der Waals surface area contributed by atoms with Crippen molar-refractivity contribution in [1.82, 2.24) is 9.55 Å². The standard InChI is InChI=1S/C28H22N2O/c1-28(2,3)30-24-11-7-5-9-17(24)18-12-13-19-21-14-23-20(15-25(21)31-27(19)26(18)30)16-8-4-6-10-22(16)29-23/h4-15,29H,1-3H3. The van der Waals surface area contributed by atoms with Gasteiger partial charge in [-0.3, -0.25) is 0 Å². The van der Waals surface area contributed by atoms with Crippen LogP contribution in [0.15, 0.2) is 77.2 Å². The molecule has 4 aromatic carbocycles. The van der Waals surface area contributed by atoms with Gasteiger partial charge in [-0.25, -0.2) is 0 Å². The Morgan fingerprint density at radius 3 is 2.26 bits per heavy atom. The molecule has 0 saturated carbocycles. The second-order valence-corrected chi connectivity index (χ2v) is 9.53. The third-order valence-corrected chi connectivity index (χ3v) is 6.57. The molecule has 0 amide bonds. The maximum absolute atomic E-state index is 6.62. The zero-order valence-electron chi connectivity index (χ0n) is 17.8. The molecule has 0 unspecified atom stereocenters. The molecule has 0 aliphatic rings. The Kier molecular flexibility index (Phi) is 3.02. The first kappa shape index (κ1) is 17.0. The van der Waals surface area contributed by atoms with Gasteiger partial charge in [-0.1, -0.05) is 42.5 Å². The minimum Gasteiger partial charge on any atom is -0.454 e. The van der Waals surface area contributed by atoms with Crippen molar-refractivity contribution in [2.45, 2.75) is 26.3 Å². The van der Waals surface area contributed by atoms with E-state index in [1.165, 1.54) is 32.6 Å². The highest BCUT2D eigenvalue weighted by molar-refractivity contribution is 6.23. The summed E-state index contributed by atoms with van der Waals surface area (Å²) in [4.78, 5) is 3.57. The van der Waals surface area contributed by atoms with Crippen molar-refractivity contribution < 1.29 is 4.42 Å². The maximum Gasteiger partial charge on any atom is 0.159 e. The van der Waals surface area contributed by atoms with Crippen LogP contribution in [0, 0.1) is 0 Å². The van der Waals surface area contributed by atoms with E-state index < -0.39 is 0 Å². The normalized spacial score (nSPS) is 13.0. The molecule has 0 fully saturated rings. The molecule has 0 atom stereocenters. The van der Waals surface area contributed by atoms with E-state index in [0.29, 0.717) is 0 Å². The van der Waals surface area contributed by atoms with Crippen LogP contribution >= 0.6 is 0 Å². The fraction of sp³-hybridized carbons (Fsp3) is 0.143. The number of aromatic amines is 1. The minimum atomic E-state index is -0.0726. The van der Waals surface area contributed by atoms with Crippen LogP contribution in [-0.4, -0.2) is 9.55 Å². The van der Waals surface area contributed by atoms with Crippen molar-refractivity contribution in [2.75, 3.05) is 0 Å². The van der Waals surface area contributed by atoms with Crippen molar-refractivity contribution in [3.05, 3.63) is 72.8 Å². The average Bonchev–Trinajstić information content (AvgIpc) is 3.40. The summed E-state index contributed by atoms with van der Waals surface area (Å²) in [5.41, 5.74) is 6.56. The smallest absolute Gasteiger partial charge is 0.159 e. The summed E-state index contributed by atoms with van der Waals surface area (Å²) in [6.07, 6.45) is 0. The van der Waals surface area contributed by atoms with Crippen LogP contribution < -0.4 is 0 Å². The highest BCUT2D eigenvalue weighted by Crippen LogP contribution is 2.42. The number of benzene rings is 4. The van der Waals surface area contributed by atoms with E-state index in [0.717, 1.165) is 33.0 Å². The van der Waals surface area contributed by atoms with Crippen LogP contribution in [-0.2, 0) is 5.54 Å². The van der Waals surface area contributed by atoms with Gasteiger partial charge in [0.2, 0.25) is 0 Å². The SMILES string of the molecule is CC(C)(C)n1c2ccccc2c2ccc3c4cc5[nH]c6ccccc6c5cc4oc3c21. The van der Waals surface area contributed by atoms with Gasteiger partial charge in [-0.2, -0.15) is 0 Å². The monoisotopic (exact) mass is 402 g/mol. The molecule has 0 radical (unpaired) electrons. The highest BCUT2D eigenvalue weighted by Gasteiger charge is 2.24. The number of nitrogens with one attached hydrogen (secondary N) is 1. The summed E-state index contributed by atoms with van der Waals surface area (Å²) in [5, 5.41) is 7.27. The van der Waals surface area contributed by atoms with E-state index in [9.17, 15) is 0 Å². The second kappa shape index (κ2) is 5.50. The lowest BCUT2D eigenvalue weighted by Gasteiger charge is -2.24.